The van der Waals surface area contributed by atoms with Crippen LogP contribution in [0.5, 0.6) is 11.5 Å². The number of ether oxygens (including phenoxy) is 3. The highest BCUT2D eigenvalue weighted by Crippen LogP contribution is 2.40. The van der Waals surface area contributed by atoms with Gasteiger partial charge in [-0.05, 0) is 62.4 Å². The highest BCUT2D eigenvalue weighted by Gasteiger charge is 2.41. The van der Waals surface area contributed by atoms with Gasteiger partial charge in [-0.25, -0.2) is 4.79 Å². The lowest BCUT2D eigenvalue weighted by Gasteiger charge is -2.19. The van der Waals surface area contributed by atoms with E-state index in [0.29, 0.717) is 28.7 Å². The summed E-state index contributed by atoms with van der Waals surface area (Å²) in [7, 11) is 0. The Morgan fingerprint density at radius 3 is 2.50 bits per heavy atom. The molecule has 1 aliphatic heterocycles. The van der Waals surface area contributed by atoms with Gasteiger partial charge in [-0.3, -0.25) is 14.5 Å². The number of carbonyl (C=O) groups is 3. The number of nitrogens with zero attached hydrogens (tertiary/aromatic N) is 1. The van der Waals surface area contributed by atoms with E-state index in [4.69, 9.17) is 37.4 Å². The van der Waals surface area contributed by atoms with Gasteiger partial charge in [0.2, 0.25) is 0 Å². The highest BCUT2D eigenvalue weighted by atomic mass is 35.5. The molecular formula is C24H23Cl2NO6S. The zero-order valence-corrected chi connectivity index (χ0v) is 21.1. The third-order valence-electron chi connectivity index (χ3n) is 4.80. The van der Waals surface area contributed by atoms with Crippen molar-refractivity contribution < 1.29 is 28.6 Å². The number of rotatable bonds is 9. The Kier molecular flexibility index (Phi) is 8.88. The first kappa shape index (κ1) is 25.9. The van der Waals surface area contributed by atoms with Crippen molar-refractivity contribution in [2.24, 2.45) is 0 Å². The minimum absolute atomic E-state index is 0.152. The van der Waals surface area contributed by atoms with Gasteiger partial charge in [-0.1, -0.05) is 41.4 Å². The van der Waals surface area contributed by atoms with Crippen LogP contribution in [0.15, 0.2) is 41.3 Å². The predicted octanol–water partition coefficient (Wildman–Crippen LogP) is 5.96. The highest BCUT2D eigenvalue weighted by molar-refractivity contribution is 8.18. The molecule has 0 saturated carbocycles. The first-order chi connectivity index (χ1) is 16.3. The minimum Gasteiger partial charge on any atom is -0.490 e. The molecule has 3 rings (SSSR count). The molecule has 0 N–H and O–H groups in total. The standard InChI is InChI=1S/C24H23Cl2NO6S/c1-4-31-19-11-15(10-18(26)21(19)33-13-16-8-6-7-9-17(16)25)12-20-22(28)27(24(30)34-20)14(3)23(29)32-5-2/h6-12,14H,4-5,13H2,1-3H3/b20-12+/t14-/m1/s1. The van der Waals surface area contributed by atoms with Crippen LogP contribution in [0.4, 0.5) is 4.79 Å². The SMILES string of the molecule is CCOC(=O)[C@@H](C)N1C(=O)S/C(=C/c2cc(Cl)c(OCc3ccccc3Cl)c(OCC)c2)C1=O. The molecule has 34 heavy (non-hydrogen) atoms. The van der Waals surface area contributed by atoms with Crippen LogP contribution in [0.25, 0.3) is 6.08 Å². The normalized spacial score (nSPS) is 15.6. The van der Waals surface area contributed by atoms with Crippen LogP contribution >= 0.6 is 35.0 Å². The average Bonchev–Trinajstić information content (AvgIpc) is 3.06. The lowest BCUT2D eigenvalue weighted by Crippen LogP contribution is -2.42. The third-order valence-corrected chi connectivity index (χ3v) is 6.33. The van der Waals surface area contributed by atoms with E-state index < -0.39 is 23.2 Å². The van der Waals surface area contributed by atoms with E-state index in [0.717, 1.165) is 22.2 Å². The molecule has 1 saturated heterocycles. The molecule has 7 nitrogen and oxygen atoms in total. The number of hydrogen-bond acceptors (Lipinski definition) is 7. The molecule has 1 fully saturated rings. The number of halogens is 2. The molecule has 0 unspecified atom stereocenters. The fourth-order valence-corrected chi connectivity index (χ4v) is 4.55. The van der Waals surface area contributed by atoms with Crippen molar-refractivity contribution >= 4 is 58.2 Å². The molecule has 1 heterocycles. The van der Waals surface area contributed by atoms with E-state index in [1.807, 2.05) is 25.1 Å². The van der Waals surface area contributed by atoms with Gasteiger partial charge >= 0.3 is 5.97 Å². The molecule has 0 aromatic heterocycles. The van der Waals surface area contributed by atoms with Gasteiger partial charge in [-0.2, -0.15) is 0 Å². The molecule has 0 aliphatic carbocycles. The van der Waals surface area contributed by atoms with Gasteiger partial charge in [-0.15, -0.1) is 0 Å². The first-order valence-corrected chi connectivity index (χ1v) is 12.1. The van der Waals surface area contributed by atoms with Gasteiger partial charge < -0.3 is 14.2 Å². The Morgan fingerprint density at radius 2 is 1.82 bits per heavy atom. The maximum atomic E-state index is 12.8. The topological polar surface area (TPSA) is 82.1 Å². The summed E-state index contributed by atoms with van der Waals surface area (Å²) in [6.45, 7) is 5.62. The van der Waals surface area contributed by atoms with E-state index in [1.54, 1.807) is 25.1 Å². The van der Waals surface area contributed by atoms with Crippen LogP contribution in [0.2, 0.25) is 10.0 Å². The van der Waals surface area contributed by atoms with Crippen LogP contribution in [0.1, 0.15) is 31.9 Å². The fourth-order valence-electron chi connectivity index (χ4n) is 3.17. The molecule has 10 heteroatoms. The van der Waals surface area contributed by atoms with Gasteiger partial charge in [0.1, 0.15) is 12.6 Å². The van der Waals surface area contributed by atoms with Gasteiger partial charge in [0.05, 0.1) is 23.1 Å². The van der Waals surface area contributed by atoms with E-state index in [9.17, 15) is 14.4 Å². The summed E-state index contributed by atoms with van der Waals surface area (Å²) in [4.78, 5) is 38.3. The Balaban J connectivity index is 1.86. The second-order valence-electron chi connectivity index (χ2n) is 7.12. The maximum absolute atomic E-state index is 12.8. The molecule has 1 atom stereocenters. The number of hydrogen-bond donors (Lipinski definition) is 0. The Morgan fingerprint density at radius 1 is 1.09 bits per heavy atom. The van der Waals surface area contributed by atoms with Crippen molar-refractivity contribution in [3.8, 4) is 11.5 Å². The second kappa shape index (κ2) is 11.6. The van der Waals surface area contributed by atoms with Crippen LogP contribution in [0, 0.1) is 0 Å². The molecule has 0 radical (unpaired) electrons. The van der Waals surface area contributed by atoms with Crippen LogP contribution in [-0.4, -0.2) is 41.3 Å². The monoisotopic (exact) mass is 523 g/mol. The summed E-state index contributed by atoms with van der Waals surface area (Å²) >= 11 is 13.4. The number of esters is 1. The average molecular weight is 524 g/mol. The maximum Gasteiger partial charge on any atom is 0.329 e. The van der Waals surface area contributed by atoms with Gasteiger partial charge in [0.15, 0.2) is 11.5 Å². The zero-order valence-electron chi connectivity index (χ0n) is 18.8. The largest absolute Gasteiger partial charge is 0.490 e. The summed E-state index contributed by atoms with van der Waals surface area (Å²) in [6, 6.07) is 9.54. The third kappa shape index (κ3) is 5.87. The minimum atomic E-state index is -1.03. The number of carbonyl (C=O) groups excluding carboxylic acids is 3. The van der Waals surface area contributed by atoms with Gasteiger partial charge in [0, 0.05) is 10.6 Å². The summed E-state index contributed by atoms with van der Waals surface area (Å²) in [5.41, 5.74) is 1.32. The Labute approximate surface area is 211 Å². The molecular weight excluding hydrogens is 501 g/mol. The summed E-state index contributed by atoms with van der Waals surface area (Å²) in [5.74, 6) is -0.506. The fraction of sp³-hybridized carbons (Fsp3) is 0.292. The smallest absolute Gasteiger partial charge is 0.329 e. The van der Waals surface area contributed by atoms with E-state index in [1.165, 1.54) is 13.0 Å². The van der Waals surface area contributed by atoms with Crippen molar-refractivity contribution in [1.29, 1.82) is 0 Å². The predicted molar refractivity (Wildman–Crippen MR) is 132 cm³/mol. The number of imide groups is 1. The molecule has 0 spiro atoms. The summed E-state index contributed by atoms with van der Waals surface area (Å²) < 4.78 is 16.5. The summed E-state index contributed by atoms with van der Waals surface area (Å²) in [5, 5.41) is 0.289. The lowest BCUT2D eigenvalue weighted by atomic mass is 10.1. The molecule has 2 aromatic carbocycles. The number of amides is 2. The van der Waals surface area contributed by atoms with Crippen LogP contribution < -0.4 is 9.47 Å². The lowest BCUT2D eigenvalue weighted by molar-refractivity contribution is -0.150. The zero-order chi connectivity index (χ0) is 24.8. The summed E-state index contributed by atoms with van der Waals surface area (Å²) in [6.07, 6.45) is 1.52. The first-order valence-electron chi connectivity index (χ1n) is 10.5. The van der Waals surface area contributed by atoms with Crippen LogP contribution in [-0.2, 0) is 20.9 Å². The second-order valence-corrected chi connectivity index (χ2v) is 8.93. The van der Waals surface area contributed by atoms with Crippen molar-refractivity contribution in [3.05, 3.63) is 62.5 Å². The van der Waals surface area contributed by atoms with Crippen molar-refractivity contribution in [1.82, 2.24) is 4.90 Å². The van der Waals surface area contributed by atoms with Crippen molar-refractivity contribution in [3.63, 3.8) is 0 Å². The molecule has 2 aromatic rings. The Hall–Kier alpha value is -2.68. The van der Waals surface area contributed by atoms with Crippen molar-refractivity contribution in [2.45, 2.75) is 33.4 Å². The van der Waals surface area contributed by atoms with Crippen molar-refractivity contribution in [2.75, 3.05) is 13.2 Å². The van der Waals surface area contributed by atoms with E-state index in [2.05, 4.69) is 0 Å². The molecule has 2 amide bonds. The van der Waals surface area contributed by atoms with E-state index >= 15 is 0 Å². The molecule has 0 bridgehead atoms. The molecule has 1 aliphatic rings. The van der Waals surface area contributed by atoms with Crippen LogP contribution in [0.3, 0.4) is 0 Å². The van der Waals surface area contributed by atoms with Gasteiger partial charge in [0.25, 0.3) is 11.1 Å². The Bertz CT molecular complexity index is 1140. The quantitative estimate of drug-likeness (QED) is 0.296. The molecule has 180 valence electrons. The van der Waals surface area contributed by atoms with E-state index in [-0.39, 0.29) is 23.1 Å². The number of benzene rings is 2. The number of thioether (sulfide) groups is 1.